The van der Waals surface area contributed by atoms with E-state index >= 15 is 0 Å². The number of amides is 2. The summed E-state index contributed by atoms with van der Waals surface area (Å²) in [5.74, 6) is -1.99. The van der Waals surface area contributed by atoms with Gasteiger partial charge in [-0.2, -0.15) is 13.2 Å². The van der Waals surface area contributed by atoms with E-state index in [4.69, 9.17) is 4.74 Å². The first-order valence-electron chi connectivity index (χ1n) is 8.30. The molecule has 5 nitrogen and oxygen atoms in total. The van der Waals surface area contributed by atoms with E-state index in [1.54, 1.807) is 12.2 Å². The Morgan fingerprint density at radius 3 is 2.56 bits per heavy atom. The van der Waals surface area contributed by atoms with Crippen LogP contribution in [0.3, 0.4) is 0 Å². The van der Waals surface area contributed by atoms with Crippen molar-refractivity contribution in [2.45, 2.75) is 25.6 Å². The summed E-state index contributed by atoms with van der Waals surface area (Å²) in [6, 6.07) is 13.6. The van der Waals surface area contributed by atoms with E-state index in [0.717, 1.165) is 5.56 Å². The molecule has 1 aliphatic heterocycles. The number of carbonyl (C=O) groups excluding carboxylic acids is 2. The number of anilines is 2. The van der Waals surface area contributed by atoms with E-state index < -0.39 is 18.2 Å². The maximum Gasteiger partial charge on any atom is 0.471 e. The fraction of sp³-hybridized carbons (Fsp3) is 0.263. The van der Waals surface area contributed by atoms with Crippen molar-refractivity contribution in [1.82, 2.24) is 0 Å². The van der Waals surface area contributed by atoms with Gasteiger partial charge in [0.25, 0.3) is 5.91 Å². The number of nitrogens with zero attached hydrogens (tertiary/aromatic N) is 1. The topological polar surface area (TPSA) is 58.6 Å². The van der Waals surface area contributed by atoms with Gasteiger partial charge >= 0.3 is 12.1 Å². The van der Waals surface area contributed by atoms with Crippen molar-refractivity contribution in [3.8, 4) is 5.75 Å². The van der Waals surface area contributed by atoms with E-state index in [1.807, 2.05) is 30.3 Å². The molecule has 1 heterocycles. The van der Waals surface area contributed by atoms with Crippen LogP contribution in [0, 0.1) is 0 Å². The summed E-state index contributed by atoms with van der Waals surface area (Å²) in [4.78, 5) is 25.2. The van der Waals surface area contributed by atoms with E-state index in [0.29, 0.717) is 24.4 Å². The van der Waals surface area contributed by atoms with Crippen LogP contribution in [-0.4, -0.2) is 30.6 Å². The normalized spacial score (nSPS) is 16.5. The number of hydrogen-bond donors (Lipinski definition) is 1. The van der Waals surface area contributed by atoms with Gasteiger partial charge in [-0.1, -0.05) is 30.3 Å². The fourth-order valence-electron chi connectivity index (χ4n) is 2.80. The number of benzene rings is 2. The summed E-state index contributed by atoms with van der Waals surface area (Å²) in [5.41, 5.74) is 1.29. The van der Waals surface area contributed by atoms with Crippen LogP contribution in [0.25, 0.3) is 0 Å². The van der Waals surface area contributed by atoms with Crippen molar-refractivity contribution in [2.75, 3.05) is 16.8 Å². The zero-order chi connectivity index (χ0) is 19.6. The number of carbonyl (C=O) groups is 2. The van der Waals surface area contributed by atoms with Crippen molar-refractivity contribution in [1.29, 1.82) is 0 Å². The average molecular weight is 378 g/mol. The molecule has 2 aromatic carbocycles. The molecule has 0 fully saturated rings. The molecule has 27 heavy (non-hydrogen) atoms. The molecular weight excluding hydrogens is 361 g/mol. The van der Waals surface area contributed by atoms with Crippen LogP contribution in [0.15, 0.2) is 48.5 Å². The van der Waals surface area contributed by atoms with Crippen molar-refractivity contribution >= 4 is 23.2 Å². The van der Waals surface area contributed by atoms with Gasteiger partial charge in [0.05, 0.1) is 5.69 Å². The molecule has 2 amide bonds. The molecular formula is C19H17F3N2O3. The van der Waals surface area contributed by atoms with Gasteiger partial charge in [-0.3, -0.25) is 9.59 Å². The highest BCUT2D eigenvalue weighted by atomic mass is 19.4. The number of fused-ring (bicyclic) bond motifs is 1. The molecule has 1 unspecified atom stereocenters. The maximum atomic E-state index is 12.5. The lowest BCUT2D eigenvalue weighted by Crippen LogP contribution is -2.45. The standard InChI is InChI=1S/C19H17F3N2O3/c1-12-17(25)24(10-9-13-5-3-2-4-6-13)15-11-14(7-8-16(15)27-12)23-18(26)19(20,21)22/h2-8,11-12H,9-10H2,1H3,(H,23,26). The second-order valence-electron chi connectivity index (χ2n) is 6.12. The number of hydrogen-bond acceptors (Lipinski definition) is 3. The lowest BCUT2D eigenvalue weighted by molar-refractivity contribution is -0.167. The minimum absolute atomic E-state index is 0.0632. The first-order valence-corrected chi connectivity index (χ1v) is 8.30. The lowest BCUT2D eigenvalue weighted by Gasteiger charge is -2.33. The molecule has 3 rings (SSSR count). The number of alkyl halides is 3. The van der Waals surface area contributed by atoms with Crippen LogP contribution in [-0.2, 0) is 16.0 Å². The van der Waals surface area contributed by atoms with Gasteiger partial charge in [0.1, 0.15) is 5.75 Å². The largest absolute Gasteiger partial charge is 0.479 e. The summed E-state index contributed by atoms with van der Waals surface area (Å²) in [5, 5.41) is 1.79. The van der Waals surface area contributed by atoms with Gasteiger partial charge in [-0.05, 0) is 37.1 Å². The smallest absolute Gasteiger partial charge is 0.471 e. The number of nitrogens with one attached hydrogen (secondary N) is 1. The van der Waals surface area contributed by atoms with E-state index in [9.17, 15) is 22.8 Å². The van der Waals surface area contributed by atoms with Crippen LogP contribution in [0.1, 0.15) is 12.5 Å². The van der Waals surface area contributed by atoms with Crippen molar-refractivity contribution in [2.24, 2.45) is 0 Å². The zero-order valence-corrected chi connectivity index (χ0v) is 14.4. The molecule has 0 bridgehead atoms. The molecule has 0 aliphatic carbocycles. The Bertz CT molecular complexity index is 853. The van der Waals surface area contributed by atoms with Crippen LogP contribution in [0.2, 0.25) is 0 Å². The van der Waals surface area contributed by atoms with E-state index in [2.05, 4.69) is 0 Å². The van der Waals surface area contributed by atoms with Gasteiger partial charge in [0.15, 0.2) is 6.10 Å². The highest BCUT2D eigenvalue weighted by Crippen LogP contribution is 2.36. The lowest BCUT2D eigenvalue weighted by atomic mass is 10.1. The Morgan fingerprint density at radius 2 is 1.89 bits per heavy atom. The first kappa shape index (κ1) is 18.8. The monoisotopic (exact) mass is 378 g/mol. The van der Waals surface area contributed by atoms with Crippen LogP contribution in [0.4, 0.5) is 24.5 Å². The van der Waals surface area contributed by atoms with Crippen LogP contribution < -0.4 is 15.0 Å². The third-order valence-corrected chi connectivity index (χ3v) is 4.15. The molecule has 8 heteroatoms. The number of rotatable bonds is 4. The second kappa shape index (κ2) is 7.30. The Hall–Kier alpha value is -3.03. The Balaban J connectivity index is 1.85. The molecule has 1 atom stereocenters. The van der Waals surface area contributed by atoms with E-state index in [-0.39, 0.29) is 11.6 Å². The third kappa shape index (κ3) is 4.21. The van der Waals surface area contributed by atoms with Gasteiger partial charge in [0.2, 0.25) is 0 Å². The predicted octanol–water partition coefficient (Wildman–Crippen LogP) is 3.54. The fourth-order valence-corrected chi connectivity index (χ4v) is 2.80. The molecule has 142 valence electrons. The number of halogens is 3. The molecule has 2 aromatic rings. The zero-order valence-electron chi connectivity index (χ0n) is 14.4. The predicted molar refractivity (Wildman–Crippen MR) is 93.7 cm³/mol. The molecule has 0 aromatic heterocycles. The average Bonchev–Trinajstić information content (AvgIpc) is 2.62. The summed E-state index contributed by atoms with van der Waals surface area (Å²) in [6.07, 6.45) is -5.13. The third-order valence-electron chi connectivity index (χ3n) is 4.15. The molecule has 0 saturated heterocycles. The summed E-state index contributed by atoms with van der Waals surface area (Å²) in [6.45, 7) is 1.94. The van der Waals surface area contributed by atoms with Crippen LogP contribution >= 0.6 is 0 Å². The van der Waals surface area contributed by atoms with Crippen molar-refractivity contribution in [3.63, 3.8) is 0 Å². The summed E-state index contributed by atoms with van der Waals surface area (Å²) >= 11 is 0. The van der Waals surface area contributed by atoms with Crippen molar-refractivity contribution in [3.05, 3.63) is 54.1 Å². The minimum Gasteiger partial charge on any atom is -0.479 e. The Kier molecular flexibility index (Phi) is 5.07. The molecule has 1 N–H and O–H groups in total. The summed E-state index contributed by atoms with van der Waals surface area (Å²) < 4.78 is 42.9. The highest BCUT2D eigenvalue weighted by Gasteiger charge is 2.39. The minimum atomic E-state index is -5.00. The maximum absolute atomic E-state index is 12.5. The second-order valence-corrected chi connectivity index (χ2v) is 6.12. The van der Waals surface area contributed by atoms with Gasteiger partial charge in [0, 0.05) is 12.2 Å². The highest BCUT2D eigenvalue weighted by molar-refractivity contribution is 6.01. The molecule has 0 spiro atoms. The molecule has 0 saturated carbocycles. The van der Waals surface area contributed by atoms with Gasteiger partial charge in [-0.25, -0.2) is 0 Å². The first-order chi connectivity index (χ1) is 12.8. The van der Waals surface area contributed by atoms with Crippen molar-refractivity contribution < 1.29 is 27.5 Å². The van der Waals surface area contributed by atoms with Crippen LogP contribution in [0.5, 0.6) is 5.75 Å². The van der Waals surface area contributed by atoms with Gasteiger partial charge < -0.3 is 15.0 Å². The number of ether oxygens (including phenoxy) is 1. The Labute approximate surface area is 153 Å². The Morgan fingerprint density at radius 1 is 1.19 bits per heavy atom. The SMILES string of the molecule is CC1Oc2ccc(NC(=O)C(F)(F)F)cc2N(CCc2ccccc2)C1=O. The summed E-state index contributed by atoms with van der Waals surface area (Å²) in [7, 11) is 0. The quantitative estimate of drug-likeness (QED) is 0.885. The molecule has 1 aliphatic rings. The molecule has 0 radical (unpaired) electrons. The van der Waals surface area contributed by atoms with Gasteiger partial charge in [-0.15, -0.1) is 0 Å². The van der Waals surface area contributed by atoms with E-state index in [1.165, 1.54) is 23.1 Å².